The van der Waals surface area contributed by atoms with Gasteiger partial charge >= 0.3 is 0 Å². The SMILES string of the molecule is O=C1NCCc2c(NC3CCN(Cc4ccncc4)CC3)nc(C3CC3)nc21. The fraction of sp³-hybridized carbons (Fsp3) is 0.524. The Hall–Kier alpha value is -2.54. The van der Waals surface area contributed by atoms with Gasteiger partial charge in [-0.3, -0.25) is 14.7 Å². The third kappa shape index (κ3) is 3.71. The standard InChI is InChI=1S/C21H26N6O/c28-21-18-17(5-10-23-21)20(26-19(25-18)15-1-2-15)24-16-6-11-27(12-7-16)13-14-3-8-22-9-4-14/h3-4,8-9,15-16H,1-2,5-7,10-13H2,(H,23,28)(H,24,25,26). The first-order valence-corrected chi connectivity index (χ1v) is 10.3. The molecule has 0 radical (unpaired) electrons. The van der Waals surface area contributed by atoms with Crippen LogP contribution >= 0.6 is 0 Å². The van der Waals surface area contributed by atoms with Crippen molar-refractivity contribution in [2.75, 3.05) is 25.0 Å². The predicted octanol–water partition coefficient (Wildman–Crippen LogP) is 2.11. The molecule has 2 N–H and O–H groups in total. The van der Waals surface area contributed by atoms with E-state index in [1.54, 1.807) is 0 Å². The smallest absolute Gasteiger partial charge is 0.270 e. The molecule has 1 aliphatic carbocycles. The van der Waals surface area contributed by atoms with E-state index in [4.69, 9.17) is 4.98 Å². The van der Waals surface area contributed by atoms with Crippen molar-refractivity contribution >= 4 is 11.7 Å². The molecule has 1 saturated heterocycles. The van der Waals surface area contributed by atoms with Crippen LogP contribution in [0.15, 0.2) is 24.5 Å². The lowest BCUT2D eigenvalue weighted by Gasteiger charge is -2.33. The Labute approximate surface area is 165 Å². The van der Waals surface area contributed by atoms with Gasteiger partial charge in [0, 0.05) is 56.1 Å². The van der Waals surface area contributed by atoms with Crippen molar-refractivity contribution in [3.8, 4) is 0 Å². The number of piperidine rings is 1. The Morgan fingerprint density at radius 2 is 1.89 bits per heavy atom. The lowest BCUT2D eigenvalue weighted by Crippen LogP contribution is -2.40. The number of carbonyl (C=O) groups is 1. The topological polar surface area (TPSA) is 83.0 Å². The maximum Gasteiger partial charge on any atom is 0.270 e. The van der Waals surface area contributed by atoms with E-state index in [9.17, 15) is 4.79 Å². The summed E-state index contributed by atoms with van der Waals surface area (Å²) in [6.45, 7) is 3.76. The summed E-state index contributed by atoms with van der Waals surface area (Å²) in [6, 6.07) is 4.56. The Kier molecular flexibility index (Phi) is 4.68. The van der Waals surface area contributed by atoms with Crippen molar-refractivity contribution in [2.24, 2.45) is 0 Å². The van der Waals surface area contributed by atoms with Gasteiger partial charge in [0.05, 0.1) is 0 Å². The highest BCUT2D eigenvalue weighted by Gasteiger charge is 2.32. The average Bonchev–Trinajstić information content (AvgIpc) is 3.56. The van der Waals surface area contributed by atoms with E-state index in [-0.39, 0.29) is 5.91 Å². The van der Waals surface area contributed by atoms with Crippen molar-refractivity contribution in [2.45, 2.75) is 50.6 Å². The Morgan fingerprint density at radius 1 is 1.11 bits per heavy atom. The average molecular weight is 378 g/mol. The molecule has 1 saturated carbocycles. The Balaban J connectivity index is 1.27. The van der Waals surface area contributed by atoms with Crippen LogP contribution < -0.4 is 10.6 Å². The van der Waals surface area contributed by atoms with Gasteiger partial charge in [0.2, 0.25) is 0 Å². The number of hydrogen-bond donors (Lipinski definition) is 2. The van der Waals surface area contributed by atoms with E-state index in [0.717, 1.165) is 68.9 Å². The summed E-state index contributed by atoms with van der Waals surface area (Å²) < 4.78 is 0. The first-order valence-electron chi connectivity index (χ1n) is 10.3. The number of nitrogens with one attached hydrogen (secondary N) is 2. The zero-order valence-electron chi connectivity index (χ0n) is 16.0. The second-order valence-corrected chi connectivity index (χ2v) is 8.09. The van der Waals surface area contributed by atoms with Crippen molar-refractivity contribution < 1.29 is 4.79 Å². The van der Waals surface area contributed by atoms with Gasteiger partial charge in [0.1, 0.15) is 17.3 Å². The molecule has 1 amide bonds. The minimum Gasteiger partial charge on any atom is -0.367 e. The van der Waals surface area contributed by atoms with Gasteiger partial charge in [-0.2, -0.15) is 0 Å². The number of likely N-dealkylation sites (tertiary alicyclic amines) is 1. The van der Waals surface area contributed by atoms with Crippen LogP contribution in [0.25, 0.3) is 0 Å². The summed E-state index contributed by atoms with van der Waals surface area (Å²) >= 11 is 0. The molecule has 0 spiro atoms. The lowest BCUT2D eigenvalue weighted by molar-refractivity contribution is 0.0940. The molecular weight excluding hydrogens is 352 g/mol. The molecule has 0 bridgehead atoms. The molecule has 3 aliphatic rings. The summed E-state index contributed by atoms with van der Waals surface area (Å²) in [7, 11) is 0. The van der Waals surface area contributed by atoms with Gasteiger partial charge in [0.15, 0.2) is 0 Å². The largest absolute Gasteiger partial charge is 0.367 e. The number of fused-ring (bicyclic) bond motifs is 1. The van der Waals surface area contributed by atoms with Crippen molar-refractivity contribution in [3.05, 3.63) is 47.2 Å². The van der Waals surface area contributed by atoms with Crippen LogP contribution in [0.1, 0.15) is 59.0 Å². The number of hydrogen-bond acceptors (Lipinski definition) is 6. The molecule has 2 aromatic rings. The number of amides is 1. The van der Waals surface area contributed by atoms with Gasteiger partial charge in [0.25, 0.3) is 5.91 Å². The molecule has 4 heterocycles. The minimum atomic E-state index is -0.0548. The molecule has 0 atom stereocenters. The molecule has 7 nitrogen and oxygen atoms in total. The van der Waals surface area contributed by atoms with Crippen LogP contribution in [0.3, 0.4) is 0 Å². The molecule has 2 aromatic heterocycles. The number of anilines is 1. The van der Waals surface area contributed by atoms with Crippen molar-refractivity contribution in [1.29, 1.82) is 0 Å². The molecule has 5 rings (SSSR count). The Bertz CT molecular complexity index is 859. The highest BCUT2D eigenvalue weighted by atomic mass is 16.1. The second kappa shape index (κ2) is 7.47. The first-order chi connectivity index (χ1) is 13.8. The minimum absolute atomic E-state index is 0.0548. The van der Waals surface area contributed by atoms with Crippen molar-refractivity contribution in [1.82, 2.24) is 25.2 Å². The molecular formula is C21H26N6O. The number of pyridine rings is 1. The van der Waals surface area contributed by atoms with Crippen LogP contribution in [0.2, 0.25) is 0 Å². The summed E-state index contributed by atoms with van der Waals surface area (Å²) in [5, 5.41) is 6.59. The van der Waals surface area contributed by atoms with Crippen LogP contribution in [-0.2, 0) is 13.0 Å². The van der Waals surface area contributed by atoms with E-state index >= 15 is 0 Å². The van der Waals surface area contributed by atoms with E-state index in [1.807, 2.05) is 12.4 Å². The maximum atomic E-state index is 12.3. The molecule has 2 aliphatic heterocycles. The molecule has 0 unspecified atom stereocenters. The molecule has 0 aromatic carbocycles. The normalized spacial score (nSPS) is 20.5. The molecule has 28 heavy (non-hydrogen) atoms. The van der Waals surface area contributed by atoms with Gasteiger partial charge in [-0.15, -0.1) is 0 Å². The predicted molar refractivity (Wildman–Crippen MR) is 106 cm³/mol. The number of aromatic nitrogens is 3. The summed E-state index contributed by atoms with van der Waals surface area (Å²) in [4.78, 5) is 28.3. The first kappa shape index (κ1) is 17.6. The summed E-state index contributed by atoms with van der Waals surface area (Å²) in [5.74, 6) is 2.12. The zero-order chi connectivity index (χ0) is 18.9. The van der Waals surface area contributed by atoms with Gasteiger partial charge in [-0.25, -0.2) is 9.97 Å². The van der Waals surface area contributed by atoms with E-state index in [0.29, 0.717) is 24.2 Å². The second-order valence-electron chi connectivity index (χ2n) is 8.09. The van der Waals surface area contributed by atoms with Crippen molar-refractivity contribution in [3.63, 3.8) is 0 Å². The fourth-order valence-electron chi connectivity index (χ4n) is 4.13. The third-order valence-electron chi connectivity index (χ3n) is 5.93. The van der Waals surface area contributed by atoms with Crippen LogP contribution in [0.5, 0.6) is 0 Å². The lowest BCUT2D eigenvalue weighted by atomic mass is 10.0. The van der Waals surface area contributed by atoms with Crippen LogP contribution in [0.4, 0.5) is 5.82 Å². The van der Waals surface area contributed by atoms with Crippen LogP contribution in [-0.4, -0.2) is 51.4 Å². The van der Waals surface area contributed by atoms with E-state index in [1.165, 1.54) is 5.56 Å². The number of nitrogens with zero attached hydrogens (tertiary/aromatic N) is 4. The highest BCUT2D eigenvalue weighted by Crippen LogP contribution is 2.39. The zero-order valence-corrected chi connectivity index (χ0v) is 16.0. The quantitative estimate of drug-likeness (QED) is 0.829. The molecule has 2 fully saturated rings. The van der Waals surface area contributed by atoms with E-state index < -0.39 is 0 Å². The monoisotopic (exact) mass is 378 g/mol. The third-order valence-corrected chi connectivity index (χ3v) is 5.93. The maximum absolute atomic E-state index is 12.3. The number of carbonyl (C=O) groups excluding carboxylic acids is 1. The van der Waals surface area contributed by atoms with Gasteiger partial charge in [-0.1, -0.05) is 0 Å². The molecule has 146 valence electrons. The summed E-state index contributed by atoms with van der Waals surface area (Å²) in [6.07, 6.45) is 8.93. The van der Waals surface area contributed by atoms with Gasteiger partial charge < -0.3 is 10.6 Å². The summed E-state index contributed by atoms with van der Waals surface area (Å²) in [5.41, 5.74) is 2.89. The van der Waals surface area contributed by atoms with Gasteiger partial charge in [-0.05, 0) is 49.8 Å². The van der Waals surface area contributed by atoms with Crippen LogP contribution in [0, 0.1) is 0 Å². The fourth-order valence-corrected chi connectivity index (χ4v) is 4.13. The highest BCUT2D eigenvalue weighted by molar-refractivity contribution is 5.96. The number of rotatable bonds is 5. The van der Waals surface area contributed by atoms with E-state index in [2.05, 4.69) is 37.6 Å². The molecule has 7 heteroatoms. The Morgan fingerprint density at radius 3 is 2.64 bits per heavy atom.